The van der Waals surface area contributed by atoms with Gasteiger partial charge in [-0.05, 0) is 61.1 Å². The number of aromatic nitrogens is 4. The topological polar surface area (TPSA) is 95.0 Å². The number of hydrogen-bond acceptors (Lipinski definition) is 5. The number of hydrogen-bond donors (Lipinski definition) is 2. The molecule has 4 rings (SSSR count). The Labute approximate surface area is 163 Å². The number of H-pyrrole nitrogens is 1. The third kappa shape index (κ3) is 3.88. The van der Waals surface area contributed by atoms with Crippen LogP contribution in [0.1, 0.15) is 41.6 Å². The summed E-state index contributed by atoms with van der Waals surface area (Å²) in [6, 6.07) is 14.9. The Hall–Kier alpha value is -3.22. The van der Waals surface area contributed by atoms with E-state index in [1.807, 2.05) is 41.3 Å². The summed E-state index contributed by atoms with van der Waals surface area (Å²) >= 11 is 0. The highest BCUT2D eigenvalue weighted by Crippen LogP contribution is 2.27. The van der Waals surface area contributed by atoms with E-state index in [1.165, 1.54) is 0 Å². The number of aromatic amines is 1. The molecule has 3 aromatic rings. The summed E-state index contributed by atoms with van der Waals surface area (Å²) in [5.41, 5.74) is 2.39. The Morgan fingerprint density at radius 1 is 1.18 bits per heavy atom. The zero-order chi connectivity index (χ0) is 19.3. The van der Waals surface area contributed by atoms with E-state index in [0.29, 0.717) is 17.0 Å². The van der Waals surface area contributed by atoms with Crippen molar-refractivity contribution in [2.24, 2.45) is 0 Å². The Bertz CT molecular complexity index is 941. The summed E-state index contributed by atoms with van der Waals surface area (Å²) in [4.78, 5) is 15.4. The van der Waals surface area contributed by atoms with Gasteiger partial charge in [-0.2, -0.15) is 5.21 Å². The van der Waals surface area contributed by atoms with Gasteiger partial charge in [-0.3, -0.25) is 4.79 Å². The number of rotatable bonds is 5. The van der Waals surface area contributed by atoms with Crippen LogP contribution in [-0.4, -0.2) is 49.1 Å². The number of phenolic OH excluding ortho intramolecular Hbond substituents is 1. The summed E-state index contributed by atoms with van der Waals surface area (Å²) in [7, 11) is 0. The van der Waals surface area contributed by atoms with Crippen LogP contribution in [0.5, 0.6) is 5.75 Å². The number of benzene rings is 2. The number of piperidine rings is 1. The van der Waals surface area contributed by atoms with E-state index < -0.39 is 0 Å². The zero-order valence-electron chi connectivity index (χ0n) is 15.6. The number of aryl methyl sites for hydroxylation is 1. The number of nitrogens with zero attached hydrogens (tertiary/aromatic N) is 4. The first-order valence-electron chi connectivity index (χ1n) is 9.64. The minimum Gasteiger partial charge on any atom is -0.508 e. The van der Waals surface area contributed by atoms with E-state index in [1.54, 1.807) is 12.1 Å². The summed E-state index contributed by atoms with van der Waals surface area (Å²) < 4.78 is 0. The van der Waals surface area contributed by atoms with E-state index in [-0.39, 0.29) is 17.7 Å². The highest BCUT2D eigenvalue weighted by atomic mass is 16.3. The van der Waals surface area contributed by atoms with E-state index in [0.717, 1.165) is 44.2 Å². The quantitative estimate of drug-likeness (QED) is 0.712. The second kappa shape index (κ2) is 8.21. The van der Waals surface area contributed by atoms with Crippen LogP contribution in [0.15, 0.2) is 48.5 Å². The lowest BCUT2D eigenvalue weighted by Crippen LogP contribution is -2.44. The fourth-order valence-electron chi connectivity index (χ4n) is 3.91. The molecule has 28 heavy (non-hydrogen) atoms. The molecule has 1 fully saturated rings. The van der Waals surface area contributed by atoms with Crippen molar-refractivity contribution in [1.29, 1.82) is 0 Å². The minimum absolute atomic E-state index is 0.0148. The van der Waals surface area contributed by atoms with Gasteiger partial charge in [-0.1, -0.05) is 30.3 Å². The average Bonchev–Trinajstić information content (AvgIpc) is 3.27. The zero-order valence-corrected chi connectivity index (χ0v) is 15.6. The lowest BCUT2D eigenvalue weighted by molar-refractivity contribution is 0.0602. The van der Waals surface area contributed by atoms with Crippen LogP contribution in [0.2, 0.25) is 0 Å². The molecule has 0 aliphatic carbocycles. The van der Waals surface area contributed by atoms with E-state index in [9.17, 15) is 9.90 Å². The van der Waals surface area contributed by atoms with Gasteiger partial charge in [0.05, 0.1) is 5.56 Å². The fraction of sp³-hybridized carbons (Fsp3) is 0.333. The van der Waals surface area contributed by atoms with Gasteiger partial charge in [0.25, 0.3) is 5.91 Å². The monoisotopic (exact) mass is 377 g/mol. The molecule has 7 nitrogen and oxygen atoms in total. The van der Waals surface area contributed by atoms with Crippen LogP contribution in [0.4, 0.5) is 0 Å². The van der Waals surface area contributed by atoms with Gasteiger partial charge in [0, 0.05) is 18.2 Å². The first-order chi connectivity index (χ1) is 13.7. The average molecular weight is 377 g/mol. The molecule has 0 saturated carbocycles. The van der Waals surface area contributed by atoms with Crippen LogP contribution < -0.4 is 0 Å². The highest BCUT2D eigenvalue weighted by molar-refractivity contribution is 6.00. The van der Waals surface area contributed by atoms with E-state index in [4.69, 9.17) is 0 Å². The standard InChI is InChI=1S/C21H23N5O2/c27-17-8-5-6-15(14-17)11-12-16-7-3-4-13-26(16)21(28)19-10-2-1-9-18(19)20-22-24-25-23-20/h1-2,5-6,8-10,14,16,27H,3-4,7,11-13H2,(H,22,23,24,25). The van der Waals surface area contributed by atoms with Gasteiger partial charge in [-0.15, -0.1) is 10.2 Å². The molecule has 2 N–H and O–H groups in total. The summed E-state index contributed by atoms with van der Waals surface area (Å²) in [5, 5.41) is 23.8. The third-order valence-corrected chi connectivity index (χ3v) is 5.31. The third-order valence-electron chi connectivity index (χ3n) is 5.31. The van der Waals surface area contributed by atoms with Crippen LogP contribution in [0.25, 0.3) is 11.4 Å². The number of carbonyl (C=O) groups excluding carboxylic acids is 1. The first kappa shape index (κ1) is 18.2. The molecule has 1 saturated heterocycles. The number of likely N-dealkylation sites (tertiary alicyclic amines) is 1. The van der Waals surface area contributed by atoms with Crippen LogP contribution in [0.3, 0.4) is 0 Å². The summed E-state index contributed by atoms with van der Waals surface area (Å²) in [5.74, 6) is 0.724. The Balaban J connectivity index is 1.54. The fourth-order valence-corrected chi connectivity index (χ4v) is 3.91. The second-order valence-corrected chi connectivity index (χ2v) is 7.14. The van der Waals surface area contributed by atoms with Crippen molar-refractivity contribution < 1.29 is 9.90 Å². The molecule has 2 heterocycles. The van der Waals surface area contributed by atoms with Crippen molar-refractivity contribution in [1.82, 2.24) is 25.5 Å². The van der Waals surface area contributed by atoms with Gasteiger partial charge in [0.15, 0.2) is 0 Å². The number of amides is 1. The molecule has 2 aromatic carbocycles. The van der Waals surface area contributed by atoms with Crippen molar-refractivity contribution in [2.45, 2.75) is 38.1 Å². The van der Waals surface area contributed by atoms with Crippen molar-refractivity contribution in [3.05, 3.63) is 59.7 Å². The smallest absolute Gasteiger partial charge is 0.254 e. The maximum Gasteiger partial charge on any atom is 0.254 e. The van der Waals surface area contributed by atoms with Gasteiger partial charge in [0.1, 0.15) is 5.75 Å². The van der Waals surface area contributed by atoms with Gasteiger partial charge < -0.3 is 10.0 Å². The van der Waals surface area contributed by atoms with Crippen LogP contribution in [0, 0.1) is 0 Å². The van der Waals surface area contributed by atoms with E-state index >= 15 is 0 Å². The molecule has 7 heteroatoms. The molecule has 1 atom stereocenters. The second-order valence-electron chi connectivity index (χ2n) is 7.14. The normalized spacial score (nSPS) is 16.9. The number of phenols is 1. The maximum absolute atomic E-state index is 13.4. The molecule has 1 aliphatic rings. The predicted octanol–water partition coefficient (Wildman–Crippen LogP) is 3.20. The number of nitrogens with one attached hydrogen (secondary N) is 1. The molecular weight excluding hydrogens is 354 g/mol. The Kier molecular flexibility index (Phi) is 5.32. The summed E-state index contributed by atoms with van der Waals surface area (Å²) in [6.07, 6.45) is 4.84. The van der Waals surface area contributed by atoms with Crippen LogP contribution in [-0.2, 0) is 6.42 Å². The minimum atomic E-state index is 0.0148. The van der Waals surface area contributed by atoms with Crippen molar-refractivity contribution >= 4 is 5.91 Å². The molecule has 1 amide bonds. The SMILES string of the molecule is O=C(c1ccccc1-c1nn[nH]n1)N1CCCCC1CCc1cccc(O)c1. The number of carbonyl (C=O) groups is 1. The lowest BCUT2D eigenvalue weighted by atomic mass is 9.94. The predicted molar refractivity (Wildman–Crippen MR) is 105 cm³/mol. The van der Waals surface area contributed by atoms with Gasteiger partial charge >= 0.3 is 0 Å². The van der Waals surface area contributed by atoms with Crippen molar-refractivity contribution in [3.8, 4) is 17.1 Å². The van der Waals surface area contributed by atoms with Gasteiger partial charge in [0.2, 0.25) is 5.82 Å². The van der Waals surface area contributed by atoms with Gasteiger partial charge in [-0.25, -0.2) is 0 Å². The van der Waals surface area contributed by atoms with Crippen molar-refractivity contribution in [2.75, 3.05) is 6.54 Å². The Morgan fingerprint density at radius 3 is 2.89 bits per heavy atom. The largest absolute Gasteiger partial charge is 0.508 e. The lowest BCUT2D eigenvalue weighted by Gasteiger charge is -2.36. The molecule has 1 unspecified atom stereocenters. The molecular formula is C21H23N5O2. The highest BCUT2D eigenvalue weighted by Gasteiger charge is 2.29. The summed E-state index contributed by atoms with van der Waals surface area (Å²) in [6.45, 7) is 0.754. The molecule has 0 bridgehead atoms. The van der Waals surface area contributed by atoms with E-state index in [2.05, 4.69) is 20.6 Å². The first-order valence-corrected chi connectivity index (χ1v) is 9.64. The molecule has 1 aliphatic heterocycles. The molecule has 0 spiro atoms. The van der Waals surface area contributed by atoms with Crippen LogP contribution >= 0.6 is 0 Å². The number of tetrazole rings is 1. The molecule has 0 radical (unpaired) electrons. The molecule has 144 valence electrons. The van der Waals surface area contributed by atoms with Crippen molar-refractivity contribution in [3.63, 3.8) is 0 Å². The molecule has 1 aromatic heterocycles. The maximum atomic E-state index is 13.4. The number of aromatic hydroxyl groups is 1. The Morgan fingerprint density at radius 2 is 2.07 bits per heavy atom.